The third-order valence-electron chi connectivity index (χ3n) is 2.82. The van der Waals surface area contributed by atoms with Crippen LogP contribution >= 0.6 is 0 Å². The molecule has 1 aromatic rings. The Morgan fingerprint density at radius 1 is 1.33 bits per heavy atom. The third kappa shape index (κ3) is 3.39. The molecule has 0 aliphatic heterocycles. The molecule has 0 unspecified atom stereocenters. The zero-order valence-electron chi connectivity index (χ0n) is 11.9. The van der Waals surface area contributed by atoms with Crippen molar-refractivity contribution < 1.29 is 18.3 Å². The highest BCUT2D eigenvalue weighted by Crippen LogP contribution is 2.11. The Morgan fingerprint density at radius 3 is 2.38 bits per heavy atom. The zero-order chi connectivity index (χ0) is 16.4. The van der Waals surface area contributed by atoms with Crippen LogP contribution in [0, 0.1) is 0 Å². The minimum absolute atomic E-state index is 0.0410. The summed E-state index contributed by atoms with van der Waals surface area (Å²) in [6.07, 6.45) is 1.29. The molecule has 1 aromatic heterocycles. The van der Waals surface area contributed by atoms with Gasteiger partial charge in [-0.2, -0.15) is 4.31 Å². The smallest absolute Gasteiger partial charge is 0.330 e. The molecule has 0 radical (unpaired) electrons. The van der Waals surface area contributed by atoms with E-state index in [4.69, 9.17) is 5.11 Å². The average Bonchev–Trinajstić information content (AvgIpc) is 2.39. The molecule has 0 saturated heterocycles. The second-order valence-electron chi connectivity index (χ2n) is 4.48. The highest BCUT2D eigenvalue weighted by atomic mass is 32.2. The van der Waals surface area contributed by atoms with Crippen LogP contribution in [0.3, 0.4) is 0 Å². The zero-order valence-corrected chi connectivity index (χ0v) is 12.8. The topological polar surface area (TPSA) is 119 Å². The lowest BCUT2D eigenvalue weighted by Crippen LogP contribution is -2.44. The highest BCUT2D eigenvalue weighted by molar-refractivity contribution is 7.89. The first kappa shape index (κ1) is 17.1. The molecule has 1 rings (SSSR count). The molecule has 10 heteroatoms. The van der Waals surface area contributed by atoms with Crippen molar-refractivity contribution in [1.29, 1.82) is 0 Å². The fourth-order valence-electron chi connectivity index (χ4n) is 1.78. The maximum absolute atomic E-state index is 12.4. The molecule has 0 aliphatic rings. The first-order valence-corrected chi connectivity index (χ1v) is 7.55. The van der Waals surface area contributed by atoms with Crippen LogP contribution in [0.4, 0.5) is 0 Å². The minimum atomic E-state index is -4.29. The Balaban J connectivity index is 3.52. The maximum atomic E-state index is 12.4. The molecule has 0 fully saturated rings. The van der Waals surface area contributed by atoms with E-state index in [1.165, 1.54) is 7.05 Å². The van der Waals surface area contributed by atoms with Crippen molar-refractivity contribution in [1.82, 2.24) is 13.4 Å². The number of aryl methyl sites for hydroxylation is 1. The van der Waals surface area contributed by atoms with Gasteiger partial charge in [-0.25, -0.2) is 13.2 Å². The molecule has 9 nitrogen and oxygen atoms in total. The summed E-state index contributed by atoms with van der Waals surface area (Å²) in [5.41, 5.74) is -1.65. The van der Waals surface area contributed by atoms with Crippen molar-refractivity contribution in [3.63, 3.8) is 0 Å². The van der Waals surface area contributed by atoms with Crippen LogP contribution in [-0.4, -0.2) is 46.0 Å². The third-order valence-corrected chi connectivity index (χ3v) is 4.64. The van der Waals surface area contributed by atoms with Gasteiger partial charge in [0.2, 0.25) is 0 Å². The number of hydrogen-bond donors (Lipinski definition) is 1. The van der Waals surface area contributed by atoms with Gasteiger partial charge in [-0.05, 0) is 6.42 Å². The molecule has 0 amide bonds. The molecule has 0 bridgehead atoms. The molecule has 0 aromatic carbocycles. The summed E-state index contributed by atoms with van der Waals surface area (Å²) in [6, 6.07) is 0. The number of carboxylic acid groups (broad SMARTS) is 1. The number of hydrogen-bond acceptors (Lipinski definition) is 5. The van der Waals surface area contributed by atoms with E-state index in [1.54, 1.807) is 6.92 Å². The Bertz CT molecular complexity index is 761. The van der Waals surface area contributed by atoms with Crippen LogP contribution < -0.4 is 11.2 Å². The Hall–Kier alpha value is -1.94. The largest absolute Gasteiger partial charge is 0.480 e. The number of nitrogens with zero attached hydrogens (tertiary/aromatic N) is 3. The number of carboxylic acids is 1. The van der Waals surface area contributed by atoms with Crippen LogP contribution in [0.25, 0.3) is 0 Å². The first-order chi connectivity index (χ1) is 9.62. The molecule has 21 heavy (non-hydrogen) atoms. The molecular weight excluding hydrogens is 302 g/mol. The summed E-state index contributed by atoms with van der Waals surface area (Å²) in [5, 5.41) is 8.80. The van der Waals surface area contributed by atoms with E-state index in [0.717, 1.165) is 17.8 Å². The van der Waals surface area contributed by atoms with Crippen molar-refractivity contribution in [3.8, 4) is 0 Å². The maximum Gasteiger partial charge on any atom is 0.330 e. The van der Waals surface area contributed by atoms with E-state index >= 15 is 0 Å². The lowest BCUT2D eigenvalue weighted by atomic mass is 10.5. The van der Waals surface area contributed by atoms with E-state index in [2.05, 4.69) is 0 Å². The van der Waals surface area contributed by atoms with Gasteiger partial charge in [0.1, 0.15) is 6.54 Å². The predicted molar refractivity (Wildman–Crippen MR) is 73.6 cm³/mol. The standard InChI is InChI=1S/C11H17N3O6S/c1-4-5-14(7-9(15)16)21(19,20)8-6-12(2)11(18)13(3)10(8)17/h6H,4-5,7H2,1-3H3,(H,15,16). The molecule has 1 N–H and O–H groups in total. The quantitative estimate of drug-likeness (QED) is 0.686. The van der Waals surface area contributed by atoms with Gasteiger partial charge in [-0.1, -0.05) is 6.92 Å². The normalized spacial score (nSPS) is 11.8. The van der Waals surface area contributed by atoms with Crippen LogP contribution in [0.15, 0.2) is 20.7 Å². The number of aliphatic carboxylic acids is 1. The van der Waals surface area contributed by atoms with Crippen LogP contribution in [0.2, 0.25) is 0 Å². The minimum Gasteiger partial charge on any atom is -0.480 e. The van der Waals surface area contributed by atoms with Crippen LogP contribution in [-0.2, 0) is 28.9 Å². The second kappa shape index (κ2) is 6.22. The second-order valence-corrected chi connectivity index (χ2v) is 6.39. The lowest BCUT2D eigenvalue weighted by Gasteiger charge is -2.19. The summed E-state index contributed by atoms with van der Waals surface area (Å²) >= 11 is 0. The summed E-state index contributed by atoms with van der Waals surface area (Å²) < 4.78 is 27.2. The van der Waals surface area contributed by atoms with Gasteiger partial charge >= 0.3 is 11.7 Å². The number of aromatic nitrogens is 2. The van der Waals surface area contributed by atoms with Gasteiger partial charge in [-0.3, -0.25) is 14.2 Å². The van der Waals surface area contributed by atoms with Crippen molar-refractivity contribution >= 4 is 16.0 Å². The fraction of sp³-hybridized carbons (Fsp3) is 0.545. The van der Waals surface area contributed by atoms with E-state index in [-0.39, 0.29) is 6.54 Å². The summed E-state index contributed by atoms with van der Waals surface area (Å²) in [4.78, 5) is 33.7. The van der Waals surface area contributed by atoms with Crippen molar-refractivity contribution in [2.24, 2.45) is 14.1 Å². The number of rotatable bonds is 6. The summed E-state index contributed by atoms with van der Waals surface area (Å²) in [7, 11) is -1.83. The van der Waals surface area contributed by atoms with Gasteiger partial charge in [0, 0.05) is 26.8 Å². The van der Waals surface area contributed by atoms with Crippen molar-refractivity contribution in [2.45, 2.75) is 18.2 Å². The monoisotopic (exact) mass is 319 g/mol. The predicted octanol–water partition coefficient (Wildman–Crippen LogP) is -1.43. The van der Waals surface area contributed by atoms with Gasteiger partial charge < -0.3 is 9.67 Å². The van der Waals surface area contributed by atoms with Crippen LogP contribution in [0.1, 0.15) is 13.3 Å². The van der Waals surface area contributed by atoms with Crippen molar-refractivity contribution in [2.75, 3.05) is 13.1 Å². The van der Waals surface area contributed by atoms with Gasteiger partial charge in [0.15, 0.2) is 4.90 Å². The molecule has 0 spiro atoms. The van der Waals surface area contributed by atoms with Gasteiger partial charge in [0.25, 0.3) is 15.6 Å². The van der Waals surface area contributed by atoms with E-state index in [1.807, 2.05) is 0 Å². The molecule has 118 valence electrons. The van der Waals surface area contributed by atoms with Gasteiger partial charge in [-0.15, -0.1) is 0 Å². The van der Waals surface area contributed by atoms with Crippen LogP contribution in [0.5, 0.6) is 0 Å². The lowest BCUT2D eigenvalue weighted by molar-refractivity contribution is -0.137. The van der Waals surface area contributed by atoms with E-state index in [0.29, 0.717) is 15.3 Å². The van der Waals surface area contributed by atoms with Gasteiger partial charge in [0.05, 0.1) is 0 Å². The number of sulfonamides is 1. The molecule has 0 atom stereocenters. The summed E-state index contributed by atoms with van der Waals surface area (Å²) in [5.74, 6) is -1.33. The Labute approximate surface area is 121 Å². The molecule has 0 aliphatic carbocycles. The number of carbonyl (C=O) groups is 1. The Kier molecular flexibility index (Phi) is 5.07. The molecule has 1 heterocycles. The highest BCUT2D eigenvalue weighted by Gasteiger charge is 2.29. The Morgan fingerprint density at radius 2 is 1.90 bits per heavy atom. The average molecular weight is 319 g/mol. The van der Waals surface area contributed by atoms with E-state index in [9.17, 15) is 22.8 Å². The SMILES string of the molecule is CCCN(CC(=O)O)S(=O)(=O)c1cn(C)c(=O)n(C)c1=O. The summed E-state index contributed by atoms with van der Waals surface area (Å²) in [6.45, 7) is 0.895. The first-order valence-electron chi connectivity index (χ1n) is 6.11. The van der Waals surface area contributed by atoms with Crippen molar-refractivity contribution in [3.05, 3.63) is 27.0 Å². The van der Waals surface area contributed by atoms with E-state index < -0.39 is 38.7 Å². The molecule has 0 saturated carbocycles. The molecular formula is C11H17N3O6S. The fourth-order valence-corrected chi connectivity index (χ4v) is 3.41.